The second kappa shape index (κ2) is 5.68. The Labute approximate surface area is 134 Å². The van der Waals surface area contributed by atoms with Crippen LogP contribution in [0.4, 0.5) is 15.0 Å². The van der Waals surface area contributed by atoms with E-state index in [0.717, 1.165) is 50.2 Å². The van der Waals surface area contributed by atoms with E-state index in [-0.39, 0.29) is 17.9 Å². The molecule has 0 saturated carbocycles. The van der Waals surface area contributed by atoms with Crippen LogP contribution in [-0.4, -0.2) is 48.1 Å². The van der Waals surface area contributed by atoms with E-state index in [9.17, 15) is 9.18 Å². The Morgan fingerprint density at radius 1 is 1.22 bits per heavy atom. The topological polar surface area (TPSA) is 48.5 Å². The average Bonchev–Trinajstić information content (AvgIpc) is 3.00. The number of carbonyl (C=O) groups is 1. The number of benzene rings is 1. The Bertz CT molecular complexity index is 750. The molecule has 3 heterocycles. The minimum Gasteiger partial charge on any atom is -0.355 e. The fourth-order valence-electron chi connectivity index (χ4n) is 3.51. The van der Waals surface area contributed by atoms with Crippen molar-refractivity contribution in [3.8, 4) is 0 Å². The maximum Gasteiger partial charge on any atom is 0.317 e. The molecule has 2 saturated heterocycles. The van der Waals surface area contributed by atoms with E-state index in [1.807, 2.05) is 17.0 Å². The van der Waals surface area contributed by atoms with Gasteiger partial charge in [0.1, 0.15) is 11.6 Å². The van der Waals surface area contributed by atoms with Gasteiger partial charge in [0.2, 0.25) is 0 Å². The Morgan fingerprint density at radius 2 is 2.09 bits per heavy atom. The first-order valence-electron chi connectivity index (χ1n) is 8.06. The molecule has 0 aliphatic carbocycles. The fourth-order valence-corrected chi connectivity index (χ4v) is 3.51. The number of aromatic nitrogens is 1. The highest BCUT2D eigenvalue weighted by Gasteiger charge is 2.31. The maximum atomic E-state index is 13.4. The minimum atomic E-state index is -0.271. The molecule has 1 aromatic heterocycles. The number of piperidine rings is 1. The standard InChI is InChI=1S/C17H19FN4O/c18-13-5-3-12-4-6-16(20-15(12)10-13)21-8-1-2-14(11-21)22-9-7-19-17(22)23/h3-6,10,14H,1-2,7-9,11H2,(H,19,23). The van der Waals surface area contributed by atoms with Crippen molar-refractivity contribution in [3.63, 3.8) is 0 Å². The van der Waals surface area contributed by atoms with Crippen LogP contribution in [-0.2, 0) is 0 Å². The summed E-state index contributed by atoms with van der Waals surface area (Å²) in [5.41, 5.74) is 0.670. The molecule has 120 valence electrons. The highest BCUT2D eigenvalue weighted by Crippen LogP contribution is 2.24. The number of urea groups is 1. The van der Waals surface area contributed by atoms with Crippen molar-refractivity contribution < 1.29 is 9.18 Å². The molecule has 6 heteroatoms. The van der Waals surface area contributed by atoms with Gasteiger partial charge in [-0.1, -0.05) is 0 Å². The molecule has 0 spiro atoms. The van der Waals surface area contributed by atoms with Crippen LogP contribution < -0.4 is 10.2 Å². The van der Waals surface area contributed by atoms with Crippen molar-refractivity contribution in [3.05, 3.63) is 36.1 Å². The summed E-state index contributed by atoms with van der Waals surface area (Å²) in [7, 11) is 0. The maximum absolute atomic E-state index is 13.4. The van der Waals surface area contributed by atoms with Gasteiger partial charge in [0, 0.05) is 37.6 Å². The molecule has 1 unspecified atom stereocenters. The highest BCUT2D eigenvalue weighted by atomic mass is 19.1. The van der Waals surface area contributed by atoms with Crippen molar-refractivity contribution in [1.82, 2.24) is 15.2 Å². The van der Waals surface area contributed by atoms with E-state index in [1.54, 1.807) is 6.07 Å². The lowest BCUT2D eigenvalue weighted by Crippen LogP contribution is -2.49. The van der Waals surface area contributed by atoms with Crippen molar-refractivity contribution in [1.29, 1.82) is 0 Å². The zero-order valence-electron chi connectivity index (χ0n) is 12.8. The summed E-state index contributed by atoms with van der Waals surface area (Å²) in [4.78, 5) is 20.6. The quantitative estimate of drug-likeness (QED) is 0.926. The largest absolute Gasteiger partial charge is 0.355 e. The van der Waals surface area contributed by atoms with E-state index in [0.29, 0.717) is 5.52 Å². The number of amides is 2. The first kappa shape index (κ1) is 14.2. The molecule has 2 aliphatic heterocycles. The first-order valence-corrected chi connectivity index (χ1v) is 8.06. The van der Waals surface area contributed by atoms with Crippen LogP contribution in [0.1, 0.15) is 12.8 Å². The van der Waals surface area contributed by atoms with Gasteiger partial charge in [-0.15, -0.1) is 0 Å². The van der Waals surface area contributed by atoms with Gasteiger partial charge in [-0.05, 0) is 37.1 Å². The zero-order chi connectivity index (χ0) is 15.8. The summed E-state index contributed by atoms with van der Waals surface area (Å²) in [6.45, 7) is 3.19. The summed E-state index contributed by atoms with van der Waals surface area (Å²) in [6, 6.07) is 8.87. The lowest BCUT2D eigenvalue weighted by atomic mass is 10.0. The van der Waals surface area contributed by atoms with E-state index < -0.39 is 0 Å². The number of nitrogens with zero attached hydrogens (tertiary/aromatic N) is 3. The number of fused-ring (bicyclic) bond motifs is 1. The van der Waals surface area contributed by atoms with E-state index in [4.69, 9.17) is 0 Å². The van der Waals surface area contributed by atoms with Crippen LogP contribution in [0.25, 0.3) is 10.9 Å². The van der Waals surface area contributed by atoms with Crippen molar-refractivity contribution >= 4 is 22.8 Å². The van der Waals surface area contributed by atoms with E-state index in [1.165, 1.54) is 12.1 Å². The molecule has 2 aromatic rings. The van der Waals surface area contributed by atoms with Gasteiger partial charge >= 0.3 is 6.03 Å². The number of halogens is 1. The van der Waals surface area contributed by atoms with E-state index >= 15 is 0 Å². The third-order valence-electron chi connectivity index (χ3n) is 4.69. The number of anilines is 1. The lowest BCUT2D eigenvalue weighted by molar-refractivity contribution is 0.189. The van der Waals surface area contributed by atoms with E-state index in [2.05, 4.69) is 15.2 Å². The molecule has 2 aliphatic rings. The normalized spacial score (nSPS) is 21.8. The second-order valence-electron chi connectivity index (χ2n) is 6.17. The van der Waals surface area contributed by atoms with Gasteiger partial charge in [-0.25, -0.2) is 14.2 Å². The van der Waals surface area contributed by atoms with Gasteiger partial charge in [0.15, 0.2) is 0 Å². The van der Waals surface area contributed by atoms with Crippen LogP contribution in [0, 0.1) is 5.82 Å². The monoisotopic (exact) mass is 314 g/mol. The number of rotatable bonds is 2. The van der Waals surface area contributed by atoms with Crippen LogP contribution >= 0.6 is 0 Å². The molecular formula is C17H19FN4O. The second-order valence-corrected chi connectivity index (χ2v) is 6.17. The van der Waals surface area contributed by atoms with Crippen LogP contribution in [0.3, 0.4) is 0 Å². The predicted molar refractivity (Wildman–Crippen MR) is 87.0 cm³/mol. The molecule has 5 nitrogen and oxygen atoms in total. The fraction of sp³-hybridized carbons (Fsp3) is 0.412. The summed E-state index contributed by atoms with van der Waals surface area (Å²) in [5, 5.41) is 3.80. The number of nitrogens with one attached hydrogen (secondary N) is 1. The van der Waals surface area contributed by atoms with Gasteiger partial charge in [-0.2, -0.15) is 0 Å². The molecule has 2 fully saturated rings. The van der Waals surface area contributed by atoms with Gasteiger partial charge in [-0.3, -0.25) is 0 Å². The number of hydrogen-bond donors (Lipinski definition) is 1. The summed E-state index contributed by atoms with van der Waals surface area (Å²) < 4.78 is 13.4. The van der Waals surface area contributed by atoms with Crippen LogP contribution in [0.15, 0.2) is 30.3 Å². The first-order chi connectivity index (χ1) is 11.2. The molecule has 1 N–H and O–H groups in total. The molecule has 2 amide bonds. The van der Waals surface area contributed by atoms with Crippen LogP contribution in [0.5, 0.6) is 0 Å². The Balaban J connectivity index is 1.58. The van der Waals surface area contributed by atoms with Gasteiger partial charge < -0.3 is 15.1 Å². The number of pyridine rings is 1. The molecule has 4 rings (SSSR count). The molecule has 0 radical (unpaired) electrons. The van der Waals surface area contributed by atoms with Gasteiger partial charge in [0.25, 0.3) is 0 Å². The summed E-state index contributed by atoms with van der Waals surface area (Å²) in [6.07, 6.45) is 2.05. The Morgan fingerprint density at radius 3 is 2.91 bits per heavy atom. The molecule has 0 bridgehead atoms. The number of carbonyl (C=O) groups excluding carboxylic acids is 1. The highest BCUT2D eigenvalue weighted by molar-refractivity contribution is 5.80. The van der Waals surface area contributed by atoms with Crippen molar-refractivity contribution in [2.45, 2.75) is 18.9 Å². The van der Waals surface area contributed by atoms with Crippen molar-refractivity contribution in [2.24, 2.45) is 0 Å². The summed E-state index contributed by atoms with van der Waals surface area (Å²) >= 11 is 0. The molecular weight excluding hydrogens is 295 g/mol. The third kappa shape index (κ3) is 2.69. The molecule has 1 atom stereocenters. The minimum absolute atomic E-state index is 0.0328. The SMILES string of the molecule is O=C1NCCN1C1CCCN(c2ccc3ccc(F)cc3n2)C1. The molecule has 23 heavy (non-hydrogen) atoms. The summed E-state index contributed by atoms with van der Waals surface area (Å²) in [5.74, 6) is 0.583. The molecule has 1 aromatic carbocycles. The van der Waals surface area contributed by atoms with Gasteiger partial charge in [0.05, 0.1) is 11.6 Å². The lowest BCUT2D eigenvalue weighted by Gasteiger charge is -2.37. The smallest absolute Gasteiger partial charge is 0.317 e. The van der Waals surface area contributed by atoms with Crippen LogP contribution in [0.2, 0.25) is 0 Å². The Kier molecular flexibility index (Phi) is 3.52. The average molecular weight is 314 g/mol. The third-order valence-corrected chi connectivity index (χ3v) is 4.69. The van der Waals surface area contributed by atoms with Crippen molar-refractivity contribution in [2.75, 3.05) is 31.1 Å². The Hall–Kier alpha value is -2.37. The predicted octanol–water partition coefficient (Wildman–Crippen LogP) is 2.37. The number of hydrogen-bond acceptors (Lipinski definition) is 3. The zero-order valence-corrected chi connectivity index (χ0v) is 12.8.